The second-order valence-electron chi connectivity index (χ2n) is 5.85. The Kier molecular flexibility index (Phi) is 7.09. The van der Waals surface area contributed by atoms with E-state index < -0.39 is 11.6 Å². The van der Waals surface area contributed by atoms with Gasteiger partial charge in [0.1, 0.15) is 0 Å². The second-order valence-corrected chi connectivity index (χ2v) is 6.64. The third-order valence-electron chi connectivity index (χ3n) is 4.25. The van der Waals surface area contributed by atoms with Gasteiger partial charge in [-0.05, 0) is 31.9 Å². The molecule has 9 heteroatoms. The number of hydrazine groups is 2. The summed E-state index contributed by atoms with van der Waals surface area (Å²) in [4.78, 5) is 13.1. The summed E-state index contributed by atoms with van der Waals surface area (Å²) in [6.07, 6.45) is 2.07. The molecule has 24 heavy (non-hydrogen) atoms. The van der Waals surface area contributed by atoms with Crippen LogP contribution in [0.2, 0.25) is 10.0 Å². The van der Waals surface area contributed by atoms with E-state index in [0.29, 0.717) is 35.0 Å². The Bertz CT molecular complexity index is 565. The van der Waals surface area contributed by atoms with Gasteiger partial charge in [0, 0.05) is 25.2 Å². The number of carbonyl (C=O) groups excluding carboxylic acids is 1. The summed E-state index contributed by atoms with van der Waals surface area (Å²) < 4.78 is 0. The SMILES string of the molecule is NNC(=O)NNCCCN1CCC(O)(c2cccc(Cl)c2Cl)CC1. The molecule has 1 fully saturated rings. The van der Waals surface area contributed by atoms with Crippen LogP contribution in [0.25, 0.3) is 0 Å². The van der Waals surface area contributed by atoms with Crippen molar-refractivity contribution in [1.29, 1.82) is 0 Å². The van der Waals surface area contributed by atoms with Crippen LogP contribution in [-0.4, -0.2) is 42.2 Å². The van der Waals surface area contributed by atoms with Crippen molar-refractivity contribution in [2.75, 3.05) is 26.2 Å². The summed E-state index contributed by atoms with van der Waals surface area (Å²) in [5.74, 6) is 4.95. The number of hydrogen-bond acceptors (Lipinski definition) is 5. The van der Waals surface area contributed by atoms with Crippen LogP contribution in [0.3, 0.4) is 0 Å². The predicted octanol–water partition coefficient (Wildman–Crippen LogP) is 1.34. The van der Waals surface area contributed by atoms with Gasteiger partial charge in [0.05, 0.1) is 15.6 Å². The van der Waals surface area contributed by atoms with Crippen molar-refractivity contribution in [3.05, 3.63) is 33.8 Å². The van der Waals surface area contributed by atoms with E-state index in [1.807, 2.05) is 17.6 Å². The molecule has 1 heterocycles. The predicted molar refractivity (Wildman–Crippen MR) is 94.5 cm³/mol. The van der Waals surface area contributed by atoms with Crippen LogP contribution in [0, 0.1) is 0 Å². The second kappa shape index (κ2) is 8.84. The highest BCUT2D eigenvalue weighted by atomic mass is 35.5. The maximum Gasteiger partial charge on any atom is 0.343 e. The number of piperidine rings is 1. The number of rotatable bonds is 6. The Labute approximate surface area is 151 Å². The van der Waals surface area contributed by atoms with E-state index in [4.69, 9.17) is 29.0 Å². The molecule has 0 aliphatic carbocycles. The number of likely N-dealkylation sites (tertiary alicyclic amines) is 1. The molecular weight excluding hydrogens is 353 g/mol. The number of halogens is 2. The molecule has 7 nitrogen and oxygen atoms in total. The minimum atomic E-state index is -0.933. The van der Waals surface area contributed by atoms with Gasteiger partial charge in [-0.2, -0.15) is 0 Å². The molecule has 0 unspecified atom stereocenters. The van der Waals surface area contributed by atoms with Gasteiger partial charge in [-0.1, -0.05) is 35.3 Å². The van der Waals surface area contributed by atoms with E-state index in [9.17, 15) is 9.90 Å². The molecule has 0 aromatic heterocycles. The van der Waals surface area contributed by atoms with E-state index in [1.54, 1.807) is 6.07 Å². The first-order chi connectivity index (χ1) is 11.5. The highest BCUT2D eigenvalue weighted by Gasteiger charge is 2.35. The molecule has 0 atom stereocenters. The van der Waals surface area contributed by atoms with Gasteiger partial charge in [0.25, 0.3) is 0 Å². The van der Waals surface area contributed by atoms with Crippen LogP contribution in [0.5, 0.6) is 0 Å². The van der Waals surface area contributed by atoms with Crippen molar-refractivity contribution in [1.82, 2.24) is 21.2 Å². The Balaban J connectivity index is 1.76. The quantitative estimate of drug-likeness (QED) is 0.223. The minimum absolute atomic E-state index is 0.434. The Morgan fingerprint density at radius 1 is 1.33 bits per heavy atom. The van der Waals surface area contributed by atoms with Gasteiger partial charge < -0.3 is 10.0 Å². The number of benzene rings is 1. The summed E-state index contributed by atoms with van der Waals surface area (Å²) >= 11 is 12.3. The monoisotopic (exact) mass is 375 g/mol. The van der Waals surface area contributed by atoms with Gasteiger partial charge in [-0.25, -0.2) is 16.1 Å². The number of carbonyl (C=O) groups is 1. The average molecular weight is 376 g/mol. The fraction of sp³-hybridized carbons (Fsp3) is 0.533. The third kappa shape index (κ3) is 4.95. The van der Waals surface area contributed by atoms with Crippen LogP contribution in [0.4, 0.5) is 4.79 Å². The molecule has 1 aliphatic heterocycles. The summed E-state index contributed by atoms with van der Waals surface area (Å²) in [6, 6.07) is 4.89. The molecule has 0 spiro atoms. The maximum atomic E-state index is 10.9. The standard InChI is InChI=1S/C15H23Cl2N5O2/c16-12-4-1-3-11(13(12)17)15(24)5-9-22(10-6-15)8-2-7-19-21-14(23)20-18/h1,3-4,19,24H,2,5-10,18H2,(H2,20,21,23). The van der Waals surface area contributed by atoms with E-state index in [2.05, 4.69) is 15.8 Å². The lowest BCUT2D eigenvalue weighted by molar-refractivity contribution is -0.0259. The molecule has 1 aromatic carbocycles. The van der Waals surface area contributed by atoms with E-state index in [0.717, 1.165) is 26.1 Å². The minimum Gasteiger partial charge on any atom is -0.385 e. The molecule has 0 bridgehead atoms. The van der Waals surface area contributed by atoms with Crippen molar-refractivity contribution in [3.63, 3.8) is 0 Å². The number of aliphatic hydroxyl groups is 1. The number of hydrogen-bond donors (Lipinski definition) is 5. The van der Waals surface area contributed by atoms with Crippen LogP contribution in [-0.2, 0) is 5.60 Å². The van der Waals surface area contributed by atoms with Gasteiger partial charge in [-0.15, -0.1) is 0 Å². The summed E-state index contributed by atoms with van der Waals surface area (Å²) in [6.45, 7) is 3.05. The van der Waals surface area contributed by atoms with Crippen molar-refractivity contribution >= 4 is 29.2 Å². The topological polar surface area (TPSA) is 103 Å². The zero-order valence-electron chi connectivity index (χ0n) is 13.3. The summed E-state index contributed by atoms with van der Waals surface area (Å²) in [5, 5.41) is 11.8. The van der Waals surface area contributed by atoms with Crippen LogP contribution in [0.15, 0.2) is 18.2 Å². The summed E-state index contributed by atoms with van der Waals surface area (Å²) in [7, 11) is 0. The molecule has 2 amide bonds. The Morgan fingerprint density at radius 2 is 2.04 bits per heavy atom. The van der Waals surface area contributed by atoms with Gasteiger partial charge in [0.2, 0.25) is 0 Å². The number of nitrogens with two attached hydrogens (primary N) is 1. The molecule has 134 valence electrons. The number of nitrogens with zero attached hydrogens (tertiary/aromatic N) is 1. The summed E-state index contributed by atoms with van der Waals surface area (Å²) in [5.41, 5.74) is 6.92. The van der Waals surface area contributed by atoms with Crippen molar-refractivity contribution in [2.45, 2.75) is 24.9 Å². The van der Waals surface area contributed by atoms with E-state index >= 15 is 0 Å². The van der Waals surface area contributed by atoms with Gasteiger partial charge in [-0.3, -0.25) is 10.9 Å². The fourth-order valence-corrected chi connectivity index (χ4v) is 3.33. The lowest BCUT2D eigenvalue weighted by Crippen LogP contribution is -2.48. The molecular formula is C15H23Cl2N5O2. The zero-order valence-corrected chi connectivity index (χ0v) is 14.8. The molecule has 2 rings (SSSR count). The number of urea groups is 1. The number of amides is 2. The first-order valence-corrected chi connectivity index (χ1v) is 8.60. The molecule has 0 saturated carbocycles. The molecule has 1 aromatic rings. The van der Waals surface area contributed by atoms with Gasteiger partial charge in [0.15, 0.2) is 0 Å². The highest BCUT2D eigenvalue weighted by Crippen LogP contribution is 2.39. The van der Waals surface area contributed by atoms with Crippen molar-refractivity contribution in [2.24, 2.45) is 5.84 Å². The maximum absolute atomic E-state index is 10.9. The molecule has 1 saturated heterocycles. The normalized spacial score (nSPS) is 17.5. The molecule has 1 aliphatic rings. The zero-order chi connectivity index (χ0) is 17.6. The lowest BCUT2D eigenvalue weighted by atomic mass is 9.84. The van der Waals surface area contributed by atoms with Gasteiger partial charge >= 0.3 is 6.03 Å². The third-order valence-corrected chi connectivity index (χ3v) is 5.06. The van der Waals surface area contributed by atoms with E-state index in [1.165, 1.54) is 0 Å². The van der Waals surface area contributed by atoms with Crippen LogP contribution < -0.4 is 22.1 Å². The van der Waals surface area contributed by atoms with Crippen molar-refractivity contribution in [3.8, 4) is 0 Å². The Morgan fingerprint density at radius 3 is 2.71 bits per heavy atom. The first-order valence-electron chi connectivity index (χ1n) is 7.85. The first kappa shape index (κ1) is 19.2. The van der Waals surface area contributed by atoms with E-state index in [-0.39, 0.29) is 0 Å². The fourth-order valence-electron chi connectivity index (χ4n) is 2.85. The Hall–Kier alpha value is -1.09. The van der Waals surface area contributed by atoms with Crippen molar-refractivity contribution < 1.29 is 9.90 Å². The van der Waals surface area contributed by atoms with Crippen LogP contribution >= 0.6 is 23.2 Å². The molecule has 6 N–H and O–H groups in total. The molecule has 0 radical (unpaired) electrons. The number of nitrogens with one attached hydrogen (secondary N) is 3. The average Bonchev–Trinajstić information content (AvgIpc) is 2.58. The smallest absolute Gasteiger partial charge is 0.343 e. The van der Waals surface area contributed by atoms with Crippen LogP contribution in [0.1, 0.15) is 24.8 Å². The largest absolute Gasteiger partial charge is 0.385 e. The lowest BCUT2D eigenvalue weighted by Gasteiger charge is -2.39. The highest BCUT2D eigenvalue weighted by molar-refractivity contribution is 6.42.